The number of imide groups is 1. The third-order valence-electron chi connectivity index (χ3n) is 2.15. The van der Waals surface area contributed by atoms with Gasteiger partial charge in [-0.15, -0.1) is 0 Å². The summed E-state index contributed by atoms with van der Waals surface area (Å²) in [6, 6.07) is 2.94. The first-order chi connectivity index (χ1) is 8.09. The van der Waals surface area contributed by atoms with Crippen molar-refractivity contribution in [1.29, 1.82) is 0 Å². The smallest absolute Gasteiger partial charge is 0.365 e. The number of hydroxylamine groups is 2. The molecule has 0 radical (unpaired) electrons. The lowest BCUT2D eigenvalue weighted by Crippen LogP contribution is -2.34. The lowest BCUT2D eigenvalue weighted by molar-refractivity contribution is -0.175. The predicted octanol–water partition coefficient (Wildman–Crippen LogP) is -0.727. The molecule has 0 unspecified atom stereocenters. The van der Waals surface area contributed by atoms with Crippen molar-refractivity contribution in [1.82, 2.24) is 10.0 Å². The van der Waals surface area contributed by atoms with E-state index in [1.165, 1.54) is 24.5 Å². The Bertz CT molecular complexity index is 473. The summed E-state index contributed by atoms with van der Waals surface area (Å²) >= 11 is 0. The van der Waals surface area contributed by atoms with Crippen LogP contribution in [-0.4, -0.2) is 39.0 Å². The Labute approximate surface area is 95.6 Å². The van der Waals surface area contributed by atoms with Gasteiger partial charge in [0, 0.05) is 12.4 Å². The fourth-order valence-electron chi connectivity index (χ4n) is 1.31. The molecule has 0 bridgehead atoms. The highest BCUT2D eigenvalue weighted by molar-refractivity contribution is 6.05. The standard InChI is InChI=1S/C10H8N2O5/c13-7-4-8(14)12(9(7)15)17-10(16)6-2-1-3-11-5-6/h1-3,5,7,13H,4H2/t7-/m0/s1. The molecule has 0 spiro atoms. The Kier molecular flexibility index (Phi) is 2.84. The zero-order chi connectivity index (χ0) is 12.4. The van der Waals surface area contributed by atoms with E-state index in [4.69, 9.17) is 5.11 Å². The van der Waals surface area contributed by atoms with Crippen molar-refractivity contribution in [2.45, 2.75) is 12.5 Å². The summed E-state index contributed by atoms with van der Waals surface area (Å²) in [4.78, 5) is 42.2. The summed E-state index contributed by atoms with van der Waals surface area (Å²) in [5.41, 5.74) is 0.106. The average molecular weight is 236 g/mol. The van der Waals surface area contributed by atoms with Crippen LogP contribution in [0.1, 0.15) is 16.8 Å². The molecule has 2 rings (SSSR count). The maximum absolute atomic E-state index is 11.5. The molecule has 1 aromatic heterocycles. The summed E-state index contributed by atoms with van der Waals surface area (Å²) in [7, 11) is 0. The van der Waals surface area contributed by atoms with E-state index in [9.17, 15) is 14.4 Å². The number of hydrogen-bond donors (Lipinski definition) is 1. The summed E-state index contributed by atoms with van der Waals surface area (Å²) in [5, 5.41) is 9.38. The summed E-state index contributed by atoms with van der Waals surface area (Å²) in [5.74, 6) is -2.57. The number of hydrogen-bond acceptors (Lipinski definition) is 6. The Morgan fingerprint density at radius 3 is 2.82 bits per heavy atom. The molecule has 2 heterocycles. The van der Waals surface area contributed by atoms with E-state index in [0.717, 1.165) is 0 Å². The molecule has 1 aliphatic rings. The summed E-state index contributed by atoms with van der Waals surface area (Å²) < 4.78 is 0. The SMILES string of the molecule is O=C(ON1C(=O)C[C@H](O)C1=O)c1cccnc1. The van der Waals surface area contributed by atoms with Gasteiger partial charge in [-0.05, 0) is 12.1 Å². The van der Waals surface area contributed by atoms with Crippen LogP contribution in [0.15, 0.2) is 24.5 Å². The van der Waals surface area contributed by atoms with E-state index in [2.05, 4.69) is 9.82 Å². The highest BCUT2D eigenvalue weighted by atomic mass is 16.7. The molecule has 2 amide bonds. The van der Waals surface area contributed by atoms with Crippen molar-refractivity contribution in [3.05, 3.63) is 30.1 Å². The fraction of sp³-hybridized carbons (Fsp3) is 0.200. The highest BCUT2D eigenvalue weighted by Crippen LogP contribution is 2.14. The van der Waals surface area contributed by atoms with Gasteiger partial charge in [0.2, 0.25) is 0 Å². The van der Waals surface area contributed by atoms with Gasteiger partial charge in [-0.2, -0.15) is 0 Å². The van der Waals surface area contributed by atoms with Crippen molar-refractivity contribution in [3.8, 4) is 0 Å². The first-order valence-corrected chi connectivity index (χ1v) is 4.77. The highest BCUT2D eigenvalue weighted by Gasteiger charge is 2.40. The minimum atomic E-state index is -1.44. The van der Waals surface area contributed by atoms with Gasteiger partial charge in [0.25, 0.3) is 11.8 Å². The number of aromatic nitrogens is 1. The molecule has 0 aliphatic carbocycles. The molecule has 1 aliphatic heterocycles. The number of nitrogens with zero attached hydrogens (tertiary/aromatic N) is 2. The van der Waals surface area contributed by atoms with Gasteiger partial charge in [0.15, 0.2) is 0 Å². The summed E-state index contributed by atoms with van der Waals surface area (Å²) in [6.45, 7) is 0. The fourth-order valence-corrected chi connectivity index (χ4v) is 1.31. The van der Waals surface area contributed by atoms with Crippen LogP contribution in [0.25, 0.3) is 0 Å². The van der Waals surface area contributed by atoms with Crippen LogP contribution in [0.4, 0.5) is 0 Å². The molecule has 1 aromatic rings. The zero-order valence-corrected chi connectivity index (χ0v) is 8.57. The molecule has 1 saturated heterocycles. The number of pyridine rings is 1. The van der Waals surface area contributed by atoms with E-state index in [1.807, 2.05) is 0 Å². The van der Waals surface area contributed by atoms with E-state index in [0.29, 0.717) is 0 Å². The number of aliphatic hydroxyl groups excluding tert-OH is 1. The largest absolute Gasteiger partial charge is 0.383 e. The van der Waals surface area contributed by atoms with Gasteiger partial charge in [-0.25, -0.2) is 4.79 Å². The number of aliphatic hydroxyl groups is 1. The molecule has 1 atom stereocenters. The second-order valence-corrected chi connectivity index (χ2v) is 3.37. The quantitative estimate of drug-likeness (QED) is 0.680. The number of carbonyl (C=O) groups is 3. The summed E-state index contributed by atoms with van der Waals surface area (Å²) in [6.07, 6.45) is 0.888. The number of rotatable bonds is 2. The van der Waals surface area contributed by atoms with Crippen LogP contribution in [0.5, 0.6) is 0 Å². The van der Waals surface area contributed by atoms with E-state index in [-0.39, 0.29) is 17.0 Å². The van der Waals surface area contributed by atoms with E-state index < -0.39 is 23.9 Å². The lowest BCUT2D eigenvalue weighted by atomic mass is 10.3. The van der Waals surface area contributed by atoms with Crippen LogP contribution in [0.2, 0.25) is 0 Å². The topological polar surface area (TPSA) is 96.8 Å². The van der Waals surface area contributed by atoms with Crippen LogP contribution in [0.3, 0.4) is 0 Å². The van der Waals surface area contributed by atoms with Crippen molar-refractivity contribution in [2.24, 2.45) is 0 Å². The zero-order valence-electron chi connectivity index (χ0n) is 8.57. The minimum Gasteiger partial charge on any atom is -0.383 e. The normalized spacial score (nSPS) is 19.6. The molecule has 88 valence electrons. The van der Waals surface area contributed by atoms with Gasteiger partial charge < -0.3 is 9.94 Å². The van der Waals surface area contributed by atoms with Crippen molar-refractivity contribution >= 4 is 17.8 Å². The molecule has 1 fully saturated rings. The second kappa shape index (κ2) is 4.30. The van der Waals surface area contributed by atoms with Gasteiger partial charge in [0.1, 0.15) is 6.10 Å². The Balaban J connectivity index is 2.10. The van der Waals surface area contributed by atoms with Crippen LogP contribution in [-0.2, 0) is 14.4 Å². The number of amides is 2. The Morgan fingerprint density at radius 1 is 1.53 bits per heavy atom. The molecule has 7 nitrogen and oxygen atoms in total. The second-order valence-electron chi connectivity index (χ2n) is 3.37. The van der Waals surface area contributed by atoms with E-state index in [1.54, 1.807) is 0 Å². The van der Waals surface area contributed by atoms with Crippen LogP contribution >= 0.6 is 0 Å². The Morgan fingerprint density at radius 2 is 2.29 bits per heavy atom. The lowest BCUT2D eigenvalue weighted by Gasteiger charge is -2.12. The van der Waals surface area contributed by atoms with Gasteiger partial charge >= 0.3 is 5.97 Å². The first kappa shape index (κ1) is 11.2. The van der Waals surface area contributed by atoms with Crippen molar-refractivity contribution < 1.29 is 24.3 Å². The molecule has 17 heavy (non-hydrogen) atoms. The molecular weight excluding hydrogens is 228 g/mol. The number of carbonyl (C=O) groups excluding carboxylic acids is 3. The maximum atomic E-state index is 11.5. The van der Waals surface area contributed by atoms with Crippen molar-refractivity contribution in [2.75, 3.05) is 0 Å². The van der Waals surface area contributed by atoms with Gasteiger partial charge in [0.05, 0.1) is 12.0 Å². The van der Waals surface area contributed by atoms with Gasteiger partial charge in [-0.1, -0.05) is 5.06 Å². The predicted molar refractivity (Wildman–Crippen MR) is 52.1 cm³/mol. The third-order valence-corrected chi connectivity index (χ3v) is 2.15. The van der Waals surface area contributed by atoms with Crippen molar-refractivity contribution in [3.63, 3.8) is 0 Å². The first-order valence-electron chi connectivity index (χ1n) is 4.77. The monoisotopic (exact) mass is 236 g/mol. The molecule has 0 saturated carbocycles. The Hall–Kier alpha value is -2.28. The van der Waals surface area contributed by atoms with Crippen LogP contribution in [0, 0.1) is 0 Å². The average Bonchev–Trinajstić information content (AvgIpc) is 2.57. The minimum absolute atomic E-state index is 0.106. The van der Waals surface area contributed by atoms with E-state index >= 15 is 0 Å². The third kappa shape index (κ3) is 2.13. The van der Waals surface area contributed by atoms with Crippen LogP contribution < -0.4 is 0 Å². The molecule has 1 N–H and O–H groups in total. The molecule has 7 heteroatoms. The van der Waals surface area contributed by atoms with Gasteiger partial charge in [-0.3, -0.25) is 14.6 Å². The molecule has 0 aromatic carbocycles. The maximum Gasteiger partial charge on any atom is 0.365 e. The molecular formula is C10H8N2O5.